The third-order valence-electron chi connectivity index (χ3n) is 5.92. The minimum atomic E-state index is -0.264. The van der Waals surface area contributed by atoms with E-state index < -0.39 is 0 Å². The Morgan fingerprint density at radius 2 is 1.68 bits per heavy atom. The van der Waals surface area contributed by atoms with Gasteiger partial charge in [-0.2, -0.15) is 0 Å². The molecule has 4 rings (SSSR count). The molecule has 0 bridgehead atoms. The van der Waals surface area contributed by atoms with Crippen molar-refractivity contribution >= 4 is 6.03 Å². The molecule has 5 heteroatoms. The lowest BCUT2D eigenvalue weighted by molar-refractivity contribution is -0.0159. The number of amides is 2. The molecular formula is C23H27FN2O2. The van der Waals surface area contributed by atoms with Crippen molar-refractivity contribution in [1.82, 2.24) is 10.2 Å². The first-order valence-electron chi connectivity index (χ1n) is 10.2. The summed E-state index contributed by atoms with van der Waals surface area (Å²) in [6.45, 7) is 1.58. The molecule has 1 aliphatic heterocycles. The molecule has 1 N–H and O–H groups in total. The minimum absolute atomic E-state index is 0.0152. The average Bonchev–Trinajstić information content (AvgIpc) is 2.75. The van der Waals surface area contributed by atoms with Gasteiger partial charge in [0.05, 0.1) is 13.2 Å². The van der Waals surface area contributed by atoms with Gasteiger partial charge < -0.3 is 15.0 Å². The van der Waals surface area contributed by atoms with Crippen LogP contribution < -0.4 is 5.32 Å². The van der Waals surface area contributed by atoms with Gasteiger partial charge in [-0.1, -0.05) is 42.5 Å². The van der Waals surface area contributed by atoms with Crippen molar-refractivity contribution in [2.75, 3.05) is 19.7 Å². The molecule has 2 aliphatic rings. The molecule has 28 heavy (non-hydrogen) atoms. The van der Waals surface area contributed by atoms with Crippen molar-refractivity contribution in [3.05, 3.63) is 71.5 Å². The van der Waals surface area contributed by atoms with Gasteiger partial charge in [0, 0.05) is 12.6 Å². The molecular weight excluding hydrogens is 355 g/mol. The van der Waals surface area contributed by atoms with Crippen LogP contribution in [-0.2, 0) is 4.74 Å². The number of morpholine rings is 1. The Labute approximate surface area is 165 Å². The monoisotopic (exact) mass is 382 g/mol. The summed E-state index contributed by atoms with van der Waals surface area (Å²) >= 11 is 0. The van der Waals surface area contributed by atoms with Gasteiger partial charge in [0.1, 0.15) is 11.9 Å². The summed E-state index contributed by atoms with van der Waals surface area (Å²) in [4.78, 5) is 14.6. The van der Waals surface area contributed by atoms with Crippen molar-refractivity contribution < 1.29 is 13.9 Å². The molecule has 0 spiro atoms. The topological polar surface area (TPSA) is 41.6 Å². The van der Waals surface area contributed by atoms with Gasteiger partial charge in [-0.05, 0) is 54.9 Å². The third kappa shape index (κ3) is 4.53. The highest BCUT2D eigenvalue weighted by molar-refractivity contribution is 5.74. The fraction of sp³-hybridized carbons (Fsp3) is 0.435. The zero-order chi connectivity index (χ0) is 19.3. The molecule has 1 aliphatic carbocycles. The lowest BCUT2D eigenvalue weighted by Crippen LogP contribution is -2.50. The van der Waals surface area contributed by atoms with E-state index in [9.17, 15) is 9.18 Å². The molecule has 1 saturated carbocycles. The number of hydrogen-bond donors (Lipinski definition) is 1. The number of carbonyl (C=O) groups excluding carboxylic acids is 1. The minimum Gasteiger partial charge on any atom is -0.370 e. The summed E-state index contributed by atoms with van der Waals surface area (Å²) in [5, 5.41) is 3.21. The second-order valence-corrected chi connectivity index (χ2v) is 7.77. The number of nitrogens with one attached hydrogen (secondary N) is 1. The van der Waals surface area contributed by atoms with Gasteiger partial charge in [0.15, 0.2) is 0 Å². The predicted octanol–water partition coefficient (Wildman–Crippen LogP) is 4.64. The molecule has 148 valence electrons. The van der Waals surface area contributed by atoms with Crippen LogP contribution in [0, 0.1) is 5.82 Å². The Morgan fingerprint density at radius 3 is 2.39 bits per heavy atom. The zero-order valence-corrected chi connectivity index (χ0v) is 16.0. The highest BCUT2D eigenvalue weighted by Crippen LogP contribution is 2.33. The van der Waals surface area contributed by atoms with Crippen LogP contribution in [0.3, 0.4) is 0 Å². The fourth-order valence-electron chi connectivity index (χ4n) is 4.28. The van der Waals surface area contributed by atoms with Crippen LogP contribution in [0.4, 0.5) is 9.18 Å². The predicted molar refractivity (Wildman–Crippen MR) is 107 cm³/mol. The SMILES string of the molecule is O=C(NC1CCC(c2ccccc2)CC1)N1CCOC(c2ccc(F)cc2)C1. The third-order valence-corrected chi connectivity index (χ3v) is 5.92. The van der Waals surface area contributed by atoms with E-state index in [0.717, 1.165) is 31.2 Å². The number of nitrogens with zero attached hydrogens (tertiary/aromatic N) is 1. The van der Waals surface area contributed by atoms with Crippen LogP contribution in [0.25, 0.3) is 0 Å². The molecule has 2 aromatic rings. The van der Waals surface area contributed by atoms with Crippen molar-refractivity contribution in [3.8, 4) is 0 Å². The van der Waals surface area contributed by atoms with E-state index in [4.69, 9.17) is 4.74 Å². The van der Waals surface area contributed by atoms with Gasteiger partial charge in [0.25, 0.3) is 0 Å². The van der Waals surface area contributed by atoms with Crippen molar-refractivity contribution in [1.29, 1.82) is 0 Å². The quantitative estimate of drug-likeness (QED) is 0.841. The zero-order valence-electron chi connectivity index (χ0n) is 16.0. The molecule has 2 amide bonds. The summed E-state index contributed by atoms with van der Waals surface area (Å²) in [6, 6.07) is 17.2. The second-order valence-electron chi connectivity index (χ2n) is 7.77. The van der Waals surface area contributed by atoms with Crippen LogP contribution in [0.5, 0.6) is 0 Å². The maximum Gasteiger partial charge on any atom is 0.317 e. The second kappa shape index (κ2) is 8.74. The van der Waals surface area contributed by atoms with Crippen molar-refractivity contribution in [3.63, 3.8) is 0 Å². The smallest absolute Gasteiger partial charge is 0.317 e. The van der Waals surface area contributed by atoms with E-state index in [1.54, 1.807) is 12.1 Å². The van der Waals surface area contributed by atoms with Crippen LogP contribution >= 0.6 is 0 Å². The van der Waals surface area contributed by atoms with Crippen LogP contribution in [0.2, 0.25) is 0 Å². The van der Waals surface area contributed by atoms with E-state index in [1.165, 1.54) is 17.7 Å². The largest absolute Gasteiger partial charge is 0.370 e. The maximum absolute atomic E-state index is 13.1. The summed E-state index contributed by atoms with van der Waals surface area (Å²) < 4.78 is 18.9. The molecule has 0 aromatic heterocycles. The average molecular weight is 382 g/mol. The Balaban J connectivity index is 1.28. The standard InChI is InChI=1S/C23H27FN2O2/c24-20-10-6-19(7-11-20)22-16-26(14-15-28-22)23(27)25-21-12-8-18(9-13-21)17-4-2-1-3-5-17/h1-7,10-11,18,21-22H,8-9,12-16H2,(H,25,27). The molecule has 1 unspecified atom stereocenters. The molecule has 1 saturated heterocycles. The normalized spacial score (nSPS) is 25.3. The first-order valence-corrected chi connectivity index (χ1v) is 10.2. The lowest BCUT2D eigenvalue weighted by Gasteiger charge is -2.35. The molecule has 2 aromatic carbocycles. The summed E-state index contributed by atoms with van der Waals surface area (Å²) in [7, 11) is 0. The van der Waals surface area contributed by atoms with E-state index in [2.05, 4.69) is 35.6 Å². The first kappa shape index (κ1) is 18.9. The van der Waals surface area contributed by atoms with E-state index in [0.29, 0.717) is 25.6 Å². The van der Waals surface area contributed by atoms with Gasteiger partial charge in [0.2, 0.25) is 0 Å². The van der Waals surface area contributed by atoms with Crippen molar-refractivity contribution in [2.24, 2.45) is 0 Å². The van der Waals surface area contributed by atoms with E-state index >= 15 is 0 Å². The lowest BCUT2D eigenvalue weighted by atomic mass is 9.82. The Morgan fingerprint density at radius 1 is 0.964 bits per heavy atom. The summed E-state index contributed by atoms with van der Waals surface area (Å²) in [5.74, 6) is 0.334. The number of urea groups is 1. The van der Waals surface area contributed by atoms with Gasteiger partial charge in [-0.15, -0.1) is 0 Å². The van der Waals surface area contributed by atoms with Crippen LogP contribution in [0.15, 0.2) is 54.6 Å². The van der Waals surface area contributed by atoms with Gasteiger partial charge >= 0.3 is 6.03 Å². The van der Waals surface area contributed by atoms with Crippen LogP contribution in [0.1, 0.15) is 48.8 Å². The Hall–Kier alpha value is -2.40. The molecule has 0 radical (unpaired) electrons. The summed E-state index contributed by atoms with van der Waals surface area (Å²) in [5.41, 5.74) is 2.31. The maximum atomic E-state index is 13.1. The van der Waals surface area contributed by atoms with Gasteiger partial charge in [-0.25, -0.2) is 9.18 Å². The Bertz CT molecular complexity index is 773. The highest BCUT2D eigenvalue weighted by Gasteiger charge is 2.28. The molecule has 4 nitrogen and oxygen atoms in total. The number of hydrogen-bond acceptors (Lipinski definition) is 2. The van der Waals surface area contributed by atoms with E-state index in [1.807, 2.05) is 4.90 Å². The fourth-order valence-corrected chi connectivity index (χ4v) is 4.28. The number of benzene rings is 2. The summed E-state index contributed by atoms with van der Waals surface area (Å²) in [6.07, 6.45) is 4.04. The first-order chi connectivity index (χ1) is 13.7. The molecule has 1 heterocycles. The Kier molecular flexibility index (Phi) is 5.91. The van der Waals surface area contributed by atoms with Crippen LogP contribution in [-0.4, -0.2) is 36.7 Å². The number of rotatable bonds is 3. The number of ether oxygens (including phenoxy) is 1. The molecule has 2 fully saturated rings. The van der Waals surface area contributed by atoms with Gasteiger partial charge in [-0.3, -0.25) is 0 Å². The van der Waals surface area contributed by atoms with E-state index in [-0.39, 0.29) is 24.0 Å². The number of carbonyl (C=O) groups is 1. The van der Waals surface area contributed by atoms with Crippen molar-refractivity contribution in [2.45, 2.75) is 43.7 Å². The highest BCUT2D eigenvalue weighted by atomic mass is 19.1. The number of halogens is 1. The molecule has 1 atom stereocenters.